The number of nitro benzene ring substituents is 1. The number of ether oxygens (including phenoxy) is 3. The summed E-state index contributed by atoms with van der Waals surface area (Å²) in [6.45, 7) is 2.34. The van der Waals surface area contributed by atoms with Gasteiger partial charge in [0.25, 0.3) is 5.69 Å². The molecule has 2 aromatic carbocycles. The Labute approximate surface area is 231 Å². The number of hydrogen-bond donors (Lipinski definition) is 1. The molecule has 0 bridgehead atoms. The zero-order chi connectivity index (χ0) is 29.2. The number of carbonyl (C=O) groups is 3. The Morgan fingerprint density at radius 3 is 2.48 bits per heavy atom. The predicted molar refractivity (Wildman–Crippen MR) is 146 cm³/mol. The fourth-order valence-electron chi connectivity index (χ4n) is 4.47. The number of alkyl carbamates (subject to hydrolysis) is 1. The molecule has 0 aromatic heterocycles. The Morgan fingerprint density at radius 1 is 1.10 bits per heavy atom. The number of methoxy groups -OCH3 is 1. The zero-order valence-corrected chi connectivity index (χ0v) is 22.8. The van der Waals surface area contributed by atoms with Gasteiger partial charge >= 0.3 is 18.0 Å². The summed E-state index contributed by atoms with van der Waals surface area (Å²) < 4.78 is 15.8. The second kappa shape index (κ2) is 14.0. The minimum absolute atomic E-state index is 0.0554. The fraction of sp³-hybridized carbons (Fsp3) is 0.357. The molecule has 12 nitrogen and oxygen atoms in total. The van der Waals surface area contributed by atoms with Gasteiger partial charge in [-0.1, -0.05) is 42.5 Å². The van der Waals surface area contributed by atoms with Crippen LogP contribution in [0.3, 0.4) is 0 Å². The molecular weight excluding hydrogens is 520 g/mol. The van der Waals surface area contributed by atoms with Crippen LogP contribution in [0.5, 0.6) is 0 Å². The Morgan fingerprint density at radius 2 is 1.82 bits per heavy atom. The molecule has 1 aliphatic heterocycles. The lowest BCUT2D eigenvalue weighted by atomic mass is 9.75. The third-order valence-corrected chi connectivity index (χ3v) is 6.38. The van der Waals surface area contributed by atoms with Crippen LogP contribution in [0.2, 0.25) is 0 Å². The van der Waals surface area contributed by atoms with Crippen LogP contribution in [0, 0.1) is 16.0 Å². The number of esters is 2. The molecule has 0 saturated heterocycles. The van der Waals surface area contributed by atoms with Gasteiger partial charge in [0, 0.05) is 43.9 Å². The van der Waals surface area contributed by atoms with Crippen molar-refractivity contribution in [2.75, 3.05) is 41.0 Å². The van der Waals surface area contributed by atoms with Crippen molar-refractivity contribution in [3.05, 3.63) is 87.1 Å². The number of nitrogens with zero attached hydrogens (tertiary/aromatic N) is 3. The van der Waals surface area contributed by atoms with Gasteiger partial charge in [-0.2, -0.15) is 0 Å². The lowest BCUT2D eigenvalue weighted by Crippen LogP contribution is -2.40. The standard InChI is InChI=1S/C28H32N4O8/c1-18-23(27(34)39-14-13-31(3)16-19-9-6-5-7-10-19)24(20-11-8-12-21(15-20)32(36)37)25(26(33)38-4)22(30-18)17-40-28(35)29-2/h5-12,15,24-25H,13-14,16-17H2,1-4H3,(H,29,35). The van der Waals surface area contributed by atoms with Gasteiger partial charge < -0.3 is 19.5 Å². The normalized spacial score (nSPS) is 16.7. The number of non-ortho nitro benzene ring substituents is 1. The average Bonchev–Trinajstić information content (AvgIpc) is 2.95. The van der Waals surface area contributed by atoms with Gasteiger partial charge in [0.1, 0.15) is 19.1 Å². The number of benzene rings is 2. The highest BCUT2D eigenvalue weighted by Gasteiger charge is 2.44. The van der Waals surface area contributed by atoms with Gasteiger partial charge in [0.2, 0.25) is 0 Å². The molecule has 0 radical (unpaired) electrons. The van der Waals surface area contributed by atoms with Crippen LogP contribution >= 0.6 is 0 Å². The van der Waals surface area contributed by atoms with Crippen LogP contribution < -0.4 is 5.32 Å². The van der Waals surface area contributed by atoms with Gasteiger partial charge in [-0.05, 0) is 25.1 Å². The number of likely N-dealkylation sites (N-methyl/N-ethyl adjacent to an activating group) is 1. The van der Waals surface area contributed by atoms with Crippen LogP contribution in [0.1, 0.15) is 24.0 Å². The summed E-state index contributed by atoms with van der Waals surface area (Å²) in [5.74, 6) is -3.71. The monoisotopic (exact) mass is 552 g/mol. The van der Waals surface area contributed by atoms with Crippen molar-refractivity contribution in [2.45, 2.75) is 19.4 Å². The maximum absolute atomic E-state index is 13.5. The molecule has 3 rings (SSSR count). The molecule has 0 spiro atoms. The number of amides is 1. The number of carbonyl (C=O) groups excluding carboxylic acids is 3. The van der Waals surface area contributed by atoms with Crippen LogP contribution in [0.4, 0.5) is 10.5 Å². The van der Waals surface area contributed by atoms with E-state index < -0.39 is 34.8 Å². The highest BCUT2D eigenvalue weighted by molar-refractivity contribution is 6.08. The minimum atomic E-state index is -1.20. The number of nitro groups is 1. The molecule has 2 aromatic rings. The molecule has 40 heavy (non-hydrogen) atoms. The number of hydrogen-bond acceptors (Lipinski definition) is 10. The first-order valence-electron chi connectivity index (χ1n) is 12.5. The quantitative estimate of drug-likeness (QED) is 0.192. The van der Waals surface area contributed by atoms with E-state index in [-0.39, 0.29) is 35.9 Å². The van der Waals surface area contributed by atoms with Crippen molar-refractivity contribution in [1.29, 1.82) is 0 Å². The second-order valence-electron chi connectivity index (χ2n) is 9.12. The van der Waals surface area contributed by atoms with Gasteiger partial charge in [0.15, 0.2) is 0 Å². The first-order chi connectivity index (χ1) is 19.2. The molecule has 212 valence electrons. The largest absolute Gasteiger partial charge is 0.468 e. The summed E-state index contributed by atoms with van der Waals surface area (Å²) in [6.07, 6.45) is -0.746. The highest BCUT2D eigenvalue weighted by atomic mass is 16.6. The predicted octanol–water partition coefficient (Wildman–Crippen LogP) is 3.23. The Balaban J connectivity index is 1.93. The fourth-order valence-corrected chi connectivity index (χ4v) is 4.47. The van der Waals surface area contributed by atoms with Crippen molar-refractivity contribution in [1.82, 2.24) is 10.2 Å². The molecule has 1 aliphatic rings. The van der Waals surface area contributed by atoms with E-state index in [1.807, 2.05) is 42.3 Å². The summed E-state index contributed by atoms with van der Waals surface area (Å²) in [4.78, 5) is 55.7. The first-order valence-corrected chi connectivity index (χ1v) is 12.5. The van der Waals surface area contributed by atoms with Crippen LogP contribution in [0.25, 0.3) is 0 Å². The maximum atomic E-state index is 13.5. The Bertz CT molecular complexity index is 1310. The lowest BCUT2D eigenvalue weighted by molar-refractivity contribution is -0.384. The summed E-state index contributed by atoms with van der Waals surface area (Å²) in [6, 6.07) is 15.5. The van der Waals surface area contributed by atoms with Gasteiger partial charge in [-0.25, -0.2) is 9.59 Å². The molecule has 1 N–H and O–H groups in total. The zero-order valence-electron chi connectivity index (χ0n) is 22.8. The molecule has 0 saturated carbocycles. The number of rotatable bonds is 11. The minimum Gasteiger partial charge on any atom is -0.468 e. The summed E-state index contributed by atoms with van der Waals surface area (Å²) >= 11 is 0. The number of aliphatic imine (C=N–C) groups is 1. The molecular formula is C28H32N4O8. The first kappa shape index (κ1) is 30.0. The van der Waals surface area contributed by atoms with Gasteiger partial charge in [0.05, 0.1) is 23.3 Å². The molecule has 0 aliphatic carbocycles. The summed E-state index contributed by atoms with van der Waals surface area (Å²) in [7, 11) is 4.45. The molecule has 1 amide bonds. The van der Waals surface area contributed by atoms with Crippen LogP contribution in [0.15, 0.2) is 70.9 Å². The summed E-state index contributed by atoms with van der Waals surface area (Å²) in [5.41, 5.74) is 1.61. The molecule has 2 unspecified atom stereocenters. The Kier molecular flexibility index (Phi) is 10.5. The molecule has 2 atom stereocenters. The number of nitrogens with one attached hydrogen (secondary N) is 1. The van der Waals surface area contributed by atoms with E-state index in [9.17, 15) is 24.5 Å². The maximum Gasteiger partial charge on any atom is 0.407 e. The van der Waals surface area contributed by atoms with Crippen molar-refractivity contribution >= 4 is 29.4 Å². The van der Waals surface area contributed by atoms with E-state index in [0.717, 1.165) is 5.56 Å². The van der Waals surface area contributed by atoms with E-state index in [2.05, 4.69) is 10.3 Å². The van der Waals surface area contributed by atoms with Crippen LogP contribution in [-0.4, -0.2) is 74.5 Å². The third-order valence-electron chi connectivity index (χ3n) is 6.38. The topological polar surface area (TPSA) is 150 Å². The Hall–Kier alpha value is -4.58. The second-order valence-corrected chi connectivity index (χ2v) is 9.12. The highest BCUT2D eigenvalue weighted by Crippen LogP contribution is 2.41. The van der Waals surface area contributed by atoms with E-state index >= 15 is 0 Å². The molecule has 1 heterocycles. The van der Waals surface area contributed by atoms with Crippen molar-refractivity contribution in [3.63, 3.8) is 0 Å². The van der Waals surface area contributed by atoms with Gasteiger partial charge in [-0.3, -0.25) is 24.8 Å². The van der Waals surface area contributed by atoms with Crippen molar-refractivity contribution in [3.8, 4) is 0 Å². The molecule has 12 heteroatoms. The van der Waals surface area contributed by atoms with Crippen molar-refractivity contribution < 1.29 is 33.5 Å². The number of allylic oxidation sites excluding steroid dienone is 1. The van der Waals surface area contributed by atoms with Crippen LogP contribution in [-0.2, 0) is 30.3 Å². The van der Waals surface area contributed by atoms with E-state index in [0.29, 0.717) is 18.7 Å². The van der Waals surface area contributed by atoms with E-state index in [4.69, 9.17) is 14.2 Å². The van der Waals surface area contributed by atoms with Gasteiger partial charge in [-0.15, -0.1) is 0 Å². The average molecular weight is 553 g/mol. The van der Waals surface area contributed by atoms with E-state index in [1.54, 1.807) is 13.0 Å². The molecule has 0 fully saturated rings. The summed E-state index contributed by atoms with van der Waals surface area (Å²) in [5, 5.41) is 13.8. The third kappa shape index (κ3) is 7.50. The van der Waals surface area contributed by atoms with Crippen molar-refractivity contribution in [2.24, 2.45) is 10.9 Å². The van der Waals surface area contributed by atoms with E-state index in [1.165, 1.54) is 32.4 Å². The SMILES string of the molecule is CNC(=O)OCC1=NC(C)=C(C(=O)OCCN(C)Cc2ccccc2)C(c2cccc([N+](=O)[O-])c2)C1C(=O)OC. The smallest absolute Gasteiger partial charge is 0.407 e. The lowest BCUT2D eigenvalue weighted by Gasteiger charge is -2.32.